The highest BCUT2D eigenvalue weighted by Gasteiger charge is 2.31. The summed E-state index contributed by atoms with van der Waals surface area (Å²) in [4.78, 5) is 5.18. The lowest BCUT2D eigenvalue weighted by Gasteiger charge is -2.26. The third-order valence-electron chi connectivity index (χ3n) is 6.02. The fourth-order valence-electron chi connectivity index (χ4n) is 4.13. The minimum absolute atomic E-state index is 0.202. The minimum atomic E-state index is -3.28. The van der Waals surface area contributed by atoms with Crippen LogP contribution in [0.3, 0.4) is 0 Å². The molecule has 1 aromatic carbocycles. The van der Waals surface area contributed by atoms with E-state index >= 15 is 0 Å². The predicted octanol–water partition coefficient (Wildman–Crippen LogP) is 3.34. The molecule has 0 amide bonds. The van der Waals surface area contributed by atoms with Gasteiger partial charge in [-0.3, -0.25) is 0 Å². The second kappa shape index (κ2) is 7.08. The molecule has 1 aliphatic heterocycles. The third kappa shape index (κ3) is 4.53. The summed E-state index contributed by atoms with van der Waals surface area (Å²) in [5.41, 5.74) is 1.43. The Kier molecular flexibility index (Phi) is 5.09. The number of hydrogen-bond donors (Lipinski definition) is 0. The normalized spacial score (nSPS) is 20.9. The highest BCUT2D eigenvalue weighted by Crippen LogP contribution is 2.34. The molecule has 160 valence electrons. The summed E-state index contributed by atoms with van der Waals surface area (Å²) in [6.45, 7) is 7.01. The van der Waals surface area contributed by atoms with E-state index in [1.807, 2.05) is 6.07 Å². The molecule has 2 heterocycles. The van der Waals surface area contributed by atoms with Crippen LogP contribution in [0.4, 0.5) is 0 Å². The van der Waals surface area contributed by atoms with E-state index in [0.717, 1.165) is 24.2 Å². The van der Waals surface area contributed by atoms with E-state index in [2.05, 4.69) is 25.3 Å². The van der Waals surface area contributed by atoms with Crippen LogP contribution in [0.1, 0.15) is 52.3 Å². The topological polar surface area (TPSA) is 86.1 Å². The highest BCUT2D eigenvalue weighted by molar-refractivity contribution is 7.91. The molecule has 0 N–H and O–H groups in total. The highest BCUT2D eigenvalue weighted by atomic mass is 32.2. The molecule has 0 bridgehead atoms. The largest absolute Gasteiger partial charge is 0.327 e. The molecule has 2 aliphatic rings. The third-order valence-corrected chi connectivity index (χ3v) is 9.61. The van der Waals surface area contributed by atoms with Gasteiger partial charge >= 0.3 is 0 Å². The summed E-state index contributed by atoms with van der Waals surface area (Å²) >= 11 is 0. The van der Waals surface area contributed by atoms with E-state index < -0.39 is 19.7 Å². The molecule has 2 fully saturated rings. The van der Waals surface area contributed by atoms with Gasteiger partial charge in [-0.2, -0.15) is 0 Å². The summed E-state index contributed by atoms with van der Waals surface area (Å²) < 4.78 is 51.1. The smallest absolute Gasteiger partial charge is 0.178 e. The Morgan fingerprint density at radius 3 is 2.31 bits per heavy atom. The average molecular weight is 439 g/mol. The number of hydrogen-bond acceptors (Lipinski definition) is 5. The molecule has 2 aromatic rings. The number of nitrogens with zero attached hydrogens (tertiary/aromatic N) is 2. The first-order valence-corrected chi connectivity index (χ1v) is 13.9. The average Bonchev–Trinajstić information content (AvgIpc) is 3.34. The van der Waals surface area contributed by atoms with Gasteiger partial charge in [0.05, 0.1) is 33.2 Å². The first-order chi connectivity index (χ1) is 13.4. The summed E-state index contributed by atoms with van der Waals surface area (Å²) in [6.07, 6.45) is 3.33. The van der Waals surface area contributed by atoms with Crippen LogP contribution in [-0.2, 0) is 31.6 Å². The zero-order chi connectivity index (χ0) is 21.0. The minimum Gasteiger partial charge on any atom is -0.327 e. The van der Waals surface area contributed by atoms with Crippen LogP contribution >= 0.6 is 0 Å². The molecular weight excluding hydrogens is 408 g/mol. The van der Waals surface area contributed by atoms with Gasteiger partial charge in [0.2, 0.25) is 0 Å². The molecule has 1 saturated carbocycles. The van der Waals surface area contributed by atoms with Gasteiger partial charge in [0.1, 0.15) is 15.7 Å². The quantitative estimate of drug-likeness (QED) is 0.715. The lowest BCUT2D eigenvalue weighted by Crippen LogP contribution is -2.28. The van der Waals surface area contributed by atoms with E-state index in [0.29, 0.717) is 35.7 Å². The fourth-order valence-corrected chi connectivity index (χ4v) is 7.43. The number of fused-ring (bicyclic) bond motifs is 1. The molecule has 0 radical (unpaired) electrons. The Labute approximate surface area is 173 Å². The van der Waals surface area contributed by atoms with Crippen LogP contribution in [0.2, 0.25) is 0 Å². The van der Waals surface area contributed by atoms with E-state index in [9.17, 15) is 16.8 Å². The van der Waals surface area contributed by atoms with Gasteiger partial charge in [-0.05, 0) is 55.7 Å². The predicted molar refractivity (Wildman–Crippen MR) is 115 cm³/mol. The first-order valence-electron chi connectivity index (χ1n) is 10.4. The van der Waals surface area contributed by atoms with Crippen molar-refractivity contribution in [3.63, 3.8) is 0 Å². The first kappa shape index (κ1) is 20.8. The lowest BCUT2D eigenvalue weighted by molar-refractivity contribution is 0.386. The van der Waals surface area contributed by atoms with Crippen molar-refractivity contribution in [1.29, 1.82) is 0 Å². The second-order valence-corrected chi connectivity index (χ2v) is 14.1. The van der Waals surface area contributed by atoms with Crippen LogP contribution < -0.4 is 0 Å². The van der Waals surface area contributed by atoms with Crippen molar-refractivity contribution in [2.24, 2.45) is 11.8 Å². The Morgan fingerprint density at radius 1 is 1.07 bits per heavy atom. The second-order valence-electron chi connectivity index (χ2n) is 9.77. The number of imidazole rings is 1. The Bertz CT molecular complexity index is 1120. The SMILES string of the molecule is CC(C)(C)c1nc2cc(S(=O)(=O)CC3CC3)ccc2n1CC1CCS(=O)(=O)CC1. The van der Waals surface area contributed by atoms with Gasteiger partial charge in [0.25, 0.3) is 0 Å². The van der Waals surface area contributed by atoms with E-state index in [4.69, 9.17) is 4.98 Å². The summed E-state index contributed by atoms with van der Waals surface area (Å²) in [7, 11) is -6.18. The standard InChI is InChI=1S/C21H30N2O4S2/c1-21(2,3)20-22-18-12-17(29(26,27)14-16-4-5-16)6-7-19(18)23(20)13-15-8-10-28(24,25)11-9-15/h6-7,12,15-16H,4-5,8-11,13-14H2,1-3H3. The van der Waals surface area contributed by atoms with Crippen molar-refractivity contribution in [2.75, 3.05) is 17.3 Å². The molecule has 29 heavy (non-hydrogen) atoms. The summed E-state index contributed by atoms with van der Waals surface area (Å²) in [5.74, 6) is 2.23. The van der Waals surface area contributed by atoms with Crippen molar-refractivity contribution >= 4 is 30.7 Å². The van der Waals surface area contributed by atoms with E-state index in [1.165, 1.54) is 0 Å². The van der Waals surface area contributed by atoms with Crippen LogP contribution in [0.5, 0.6) is 0 Å². The van der Waals surface area contributed by atoms with E-state index in [1.54, 1.807) is 12.1 Å². The number of sulfone groups is 2. The molecule has 4 rings (SSSR count). The van der Waals surface area contributed by atoms with Gasteiger partial charge in [-0.15, -0.1) is 0 Å². The van der Waals surface area contributed by atoms with Gasteiger partial charge < -0.3 is 4.57 Å². The van der Waals surface area contributed by atoms with Crippen LogP contribution in [-0.4, -0.2) is 43.6 Å². The zero-order valence-corrected chi connectivity index (χ0v) is 19.0. The molecule has 8 heteroatoms. The van der Waals surface area contributed by atoms with Gasteiger partial charge in [0, 0.05) is 12.0 Å². The van der Waals surface area contributed by atoms with Crippen molar-refractivity contribution in [3.8, 4) is 0 Å². The summed E-state index contributed by atoms with van der Waals surface area (Å²) in [5, 5.41) is 0. The molecule has 6 nitrogen and oxygen atoms in total. The number of benzene rings is 1. The Hall–Kier alpha value is -1.41. The molecule has 0 unspecified atom stereocenters. The molecule has 1 aliphatic carbocycles. The van der Waals surface area contributed by atoms with E-state index in [-0.39, 0.29) is 28.6 Å². The van der Waals surface area contributed by atoms with Gasteiger partial charge in [-0.25, -0.2) is 21.8 Å². The Morgan fingerprint density at radius 2 is 1.72 bits per heavy atom. The molecule has 0 spiro atoms. The van der Waals surface area contributed by atoms with Crippen molar-refractivity contribution in [1.82, 2.24) is 9.55 Å². The van der Waals surface area contributed by atoms with Crippen LogP contribution in [0.25, 0.3) is 11.0 Å². The van der Waals surface area contributed by atoms with Crippen LogP contribution in [0, 0.1) is 11.8 Å². The van der Waals surface area contributed by atoms with Crippen molar-refractivity contribution < 1.29 is 16.8 Å². The summed E-state index contributed by atoms with van der Waals surface area (Å²) in [6, 6.07) is 5.29. The zero-order valence-electron chi connectivity index (χ0n) is 17.4. The fraction of sp³-hybridized carbons (Fsp3) is 0.667. The molecule has 0 atom stereocenters. The number of aromatic nitrogens is 2. The lowest BCUT2D eigenvalue weighted by atomic mass is 9.95. The van der Waals surface area contributed by atoms with Gasteiger partial charge in [0.15, 0.2) is 9.84 Å². The van der Waals surface area contributed by atoms with Crippen LogP contribution in [0.15, 0.2) is 23.1 Å². The molecule has 1 aromatic heterocycles. The Balaban J connectivity index is 1.70. The maximum atomic E-state index is 12.7. The monoisotopic (exact) mass is 438 g/mol. The molecular formula is C21H30N2O4S2. The maximum Gasteiger partial charge on any atom is 0.178 e. The number of rotatable bonds is 5. The van der Waals surface area contributed by atoms with Crippen molar-refractivity contribution in [2.45, 2.75) is 63.3 Å². The molecule has 1 saturated heterocycles. The van der Waals surface area contributed by atoms with Crippen molar-refractivity contribution in [3.05, 3.63) is 24.0 Å². The maximum absolute atomic E-state index is 12.7. The van der Waals surface area contributed by atoms with Gasteiger partial charge in [-0.1, -0.05) is 20.8 Å².